The zero-order chi connectivity index (χ0) is 20.2. The summed E-state index contributed by atoms with van der Waals surface area (Å²) in [4.78, 5) is 16.2. The number of pyridine rings is 1. The third-order valence-corrected chi connectivity index (χ3v) is 4.26. The van der Waals surface area contributed by atoms with Gasteiger partial charge in [0.2, 0.25) is 11.8 Å². The van der Waals surface area contributed by atoms with E-state index in [-0.39, 0.29) is 5.91 Å². The molecule has 0 saturated heterocycles. The summed E-state index contributed by atoms with van der Waals surface area (Å²) in [5, 5.41) is 4.02. The molecule has 4 heteroatoms. The van der Waals surface area contributed by atoms with E-state index in [4.69, 9.17) is 4.74 Å². The van der Waals surface area contributed by atoms with Crippen LogP contribution in [0.2, 0.25) is 0 Å². The lowest BCUT2D eigenvalue weighted by Gasteiger charge is -2.06. The molecule has 0 atom stereocenters. The average molecular weight is 381 g/mol. The van der Waals surface area contributed by atoms with Crippen molar-refractivity contribution in [1.82, 2.24) is 10.3 Å². The molecule has 0 fully saturated rings. The predicted octanol–water partition coefficient (Wildman–Crippen LogP) is 5.45. The molecule has 0 unspecified atom stereocenters. The van der Waals surface area contributed by atoms with Gasteiger partial charge in [-0.2, -0.15) is 0 Å². The maximum atomic E-state index is 11.7. The van der Waals surface area contributed by atoms with Crippen LogP contribution >= 0.6 is 0 Å². The van der Waals surface area contributed by atoms with Crippen LogP contribution < -0.4 is 10.1 Å². The number of carbonyl (C=O) groups excluding carboxylic acids is 1. The van der Waals surface area contributed by atoms with Crippen LogP contribution in [0.1, 0.15) is 46.5 Å². The van der Waals surface area contributed by atoms with Crippen LogP contribution in [0.4, 0.5) is 0 Å². The summed E-state index contributed by atoms with van der Waals surface area (Å²) in [7, 11) is 0. The second-order valence-electron chi connectivity index (χ2n) is 7.47. The van der Waals surface area contributed by atoms with Gasteiger partial charge in [-0.1, -0.05) is 44.2 Å². The van der Waals surface area contributed by atoms with E-state index in [1.165, 1.54) is 0 Å². The summed E-state index contributed by atoms with van der Waals surface area (Å²) >= 11 is 0. The first-order valence-electron chi connectivity index (χ1n) is 10.2. The van der Waals surface area contributed by atoms with Crippen LogP contribution in [0.25, 0.3) is 10.9 Å². The van der Waals surface area contributed by atoms with Crippen molar-refractivity contribution in [3.05, 3.63) is 60.2 Å². The molecule has 1 amide bonds. The lowest BCUT2D eigenvalue weighted by molar-refractivity contribution is -0.116. The van der Waals surface area contributed by atoms with Gasteiger partial charge in [-0.3, -0.25) is 4.79 Å². The van der Waals surface area contributed by atoms with Crippen LogP contribution in [0.15, 0.2) is 60.2 Å². The van der Waals surface area contributed by atoms with Gasteiger partial charge in [-0.15, -0.1) is 0 Å². The standard InChI is InChI=1S/C24H32N2O2/c1-19(2)18-25-23(27)17-20(3)11-7-5-4-6-10-16-28-24-15-14-21-12-8-9-13-22(21)26-24/h7-9,11-15,17,19H,4-6,10,16,18H2,1-3H3,(H,25,27). The third-order valence-electron chi connectivity index (χ3n) is 4.26. The van der Waals surface area contributed by atoms with Crippen LogP contribution in [-0.2, 0) is 4.79 Å². The largest absolute Gasteiger partial charge is 0.478 e. The highest BCUT2D eigenvalue weighted by molar-refractivity contribution is 5.88. The Hall–Kier alpha value is -2.62. The highest BCUT2D eigenvalue weighted by Crippen LogP contribution is 2.16. The zero-order valence-electron chi connectivity index (χ0n) is 17.3. The number of nitrogens with one attached hydrogen (secondary N) is 1. The molecule has 0 bridgehead atoms. The van der Waals surface area contributed by atoms with Crippen molar-refractivity contribution in [2.45, 2.75) is 46.5 Å². The summed E-state index contributed by atoms with van der Waals surface area (Å²) in [6, 6.07) is 12.0. The predicted molar refractivity (Wildman–Crippen MR) is 116 cm³/mol. The number of para-hydroxylation sites is 1. The Labute approximate surface area is 168 Å². The SMILES string of the molecule is CC(C=CCCCCCOc1ccc2ccccc2n1)=CC(=O)NCC(C)C. The van der Waals surface area contributed by atoms with Gasteiger partial charge in [0.1, 0.15) is 0 Å². The van der Waals surface area contributed by atoms with Crippen molar-refractivity contribution >= 4 is 16.8 Å². The van der Waals surface area contributed by atoms with E-state index in [0.717, 1.165) is 42.2 Å². The van der Waals surface area contributed by atoms with Crippen molar-refractivity contribution in [2.75, 3.05) is 13.2 Å². The molecule has 0 aliphatic heterocycles. The summed E-state index contributed by atoms with van der Waals surface area (Å²) < 4.78 is 5.76. The number of allylic oxidation sites excluding steroid dienone is 3. The minimum atomic E-state index is -0.0182. The van der Waals surface area contributed by atoms with Crippen LogP contribution in [0.5, 0.6) is 5.88 Å². The van der Waals surface area contributed by atoms with E-state index in [1.54, 1.807) is 6.08 Å². The highest BCUT2D eigenvalue weighted by atomic mass is 16.5. The summed E-state index contributed by atoms with van der Waals surface area (Å²) in [5.74, 6) is 1.14. The van der Waals surface area contributed by atoms with E-state index in [2.05, 4.69) is 36.3 Å². The molecule has 1 N–H and O–H groups in total. The Kier molecular flexibility index (Phi) is 9.26. The molecule has 0 saturated carbocycles. The van der Waals surface area contributed by atoms with Crippen LogP contribution in [0.3, 0.4) is 0 Å². The molecule has 4 nitrogen and oxygen atoms in total. The average Bonchev–Trinajstić information content (AvgIpc) is 2.68. The van der Waals surface area contributed by atoms with Gasteiger partial charge in [-0.05, 0) is 56.2 Å². The summed E-state index contributed by atoms with van der Waals surface area (Å²) in [6.07, 6.45) is 10.0. The Morgan fingerprint density at radius 2 is 1.96 bits per heavy atom. The van der Waals surface area contributed by atoms with Gasteiger partial charge in [0.05, 0.1) is 12.1 Å². The maximum Gasteiger partial charge on any atom is 0.244 e. The van der Waals surface area contributed by atoms with E-state index in [9.17, 15) is 4.79 Å². The fourth-order valence-corrected chi connectivity index (χ4v) is 2.73. The molecular formula is C24H32N2O2. The van der Waals surface area contributed by atoms with Crippen molar-refractivity contribution < 1.29 is 9.53 Å². The number of rotatable bonds is 11. The van der Waals surface area contributed by atoms with Crippen molar-refractivity contribution in [2.24, 2.45) is 5.92 Å². The van der Waals surface area contributed by atoms with Crippen molar-refractivity contribution in [3.8, 4) is 5.88 Å². The smallest absolute Gasteiger partial charge is 0.244 e. The number of unbranched alkanes of at least 4 members (excludes halogenated alkanes) is 3. The van der Waals surface area contributed by atoms with Gasteiger partial charge in [0.25, 0.3) is 0 Å². The molecule has 1 aromatic heterocycles. The number of ether oxygens (including phenoxy) is 1. The van der Waals surface area contributed by atoms with Gasteiger partial charge in [0.15, 0.2) is 0 Å². The number of fused-ring (bicyclic) bond motifs is 1. The molecule has 28 heavy (non-hydrogen) atoms. The lowest BCUT2D eigenvalue weighted by Crippen LogP contribution is -2.25. The number of nitrogens with zero attached hydrogens (tertiary/aromatic N) is 1. The van der Waals surface area contributed by atoms with Gasteiger partial charge in [-0.25, -0.2) is 4.98 Å². The van der Waals surface area contributed by atoms with E-state index < -0.39 is 0 Å². The summed E-state index contributed by atoms with van der Waals surface area (Å²) in [6.45, 7) is 7.52. The number of hydrogen-bond acceptors (Lipinski definition) is 3. The maximum absolute atomic E-state index is 11.7. The number of hydrogen-bond donors (Lipinski definition) is 1. The molecule has 0 radical (unpaired) electrons. The topological polar surface area (TPSA) is 51.2 Å². The highest BCUT2D eigenvalue weighted by Gasteiger charge is 1.99. The van der Waals surface area contributed by atoms with Crippen LogP contribution in [0, 0.1) is 5.92 Å². The monoisotopic (exact) mass is 380 g/mol. The number of aromatic nitrogens is 1. The second kappa shape index (κ2) is 12.0. The molecule has 0 spiro atoms. The van der Waals surface area contributed by atoms with Gasteiger partial charge >= 0.3 is 0 Å². The third kappa shape index (κ3) is 8.38. The van der Waals surface area contributed by atoms with Gasteiger partial charge in [0, 0.05) is 24.1 Å². The normalized spacial score (nSPS) is 12.1. The molecule has 0 aliphatic carbocycles. The minimum absolute atomic E-state index is 0.0182. The van der Waals surface area contributed by atoms with Crippen molar-refractivity contribution in [1.29, 1.82) is 0 Å². The Morgan fingerprint density at radius 3 is 2.79 bits per heavy atom. The number of benzene rings is 1. The van der Waals surface area contributed by atoms with E-state index in [1.807, 2.05) is 43.3 Å². The van der Waals surface area contributed by atoms with Crippen LogP contribution in [-0.4, -0.2) is 24.0 Å². The molecule has 150 valence electrons. The van der Waals surface area contributed by atoms with E-state index >= 15 is 0 Å². The molecule has 2 rings (SSSR count). The molecule has 2 aromatic rings. The van der Waals surface area contributed by atoms with Crippen molar-refractivity contribution in [3.63, 3.8) is 0 Å². The first-order valence-corrected chi connectivity index (χ1v) is 10.2. The zero-order valence-corrected chi connectivity index (χ0v) is 17.3. The first-order chi connectivity index (χ1) is 13.5. The quantitative estimate of drug-likeness (QED) is 0.320. The number of amides is 1. The number of carbonyl (C=O) groups is 1. The Morgan fingerprint density at radius 1 is 1.14 bits per heavy atom. The fourth-order valence-electron chi connectivity index (χ4n) is 2.73. The second-order valence-corrected chi connectivity index (χ2v) is 7.47. The first kappa shape index (κ1) is 21.7. The van der Waals surface area contributed by atoms with Gasteiger partial charge < -0.3 is 10.1 Å². The lowest BCUT2D eigenvalue weighted by atomic mass is 10.1. The fraction of sp³-hybridized carbons (Fsp3) is 0.417. The molecule has 1 heterocycles. The Bertz CT molecular complexity index is 809. The molecular weight excluding hydrogens is 348 g/mol. The van der Waals surface area contributed by atoms with E-state index in [0.29, 0.717) is 24.9 Å². The molecule has 1 aromatic carbocycles. The summed E-state index contributed by atoms with van der Waals surface area (Å²) in [5.41, 5.74) is 1.94. The molecule has 0 aliphatic rings. The minimum Gasteiger partial charge on any atom is -0.478 e. The Balaban J connectivity index is 1.58.